The molecule has 3 heteroatoms. The number of aliphatic carboxylic acids is 1. The largest absolute Gasteiger partial charge is 0.481 e. The van der Waals surface area contributed by atoms with E-state index in [1.807, 2.05) is 19.1 Å². The van der Waals surface area contributed by atoms with E-state index in [1.165, 1.54) is 12.1 Å². The van der Waals surface area contributed by atoms with Crippen molar-refractivity contribution in [1.82, 2.24) is 0 Å². The molecule has 1 aromatic carbocycles. The summed E-state index contributed by atoms with van der Waals surface area (Å²) in [6.45, 7) is 1.85. The molecule has 0 saturated carbocycles. The Morgan fingerprint density at radius 1 is 1.56 bits per heavy atom. The highest BCUT2D eigenvalue weighted by Gasteiger charge is 2.16. The van der Waals surface area contributed by atoms with Crippen LogP contribution in [-0.4, -0.2) is 11.1 Å². The van der Waals surface area contributed by atoms with Gasteiger partial charge in [-0.2, -0.15) is 0 Å². The van der Waals surface area contributed by atoms with Crippen molar-refractivity contribution >= 4 is 5.97 Å². The molecule has 0 aliphatic carbocycles. The lowest BCUT2D eigenvalue weighted by Gasteiger charge is -2.09. The number of carboxylic acid groups (broad SMARTS) is 1. The minimum Gasteiger partial charge on any atom is -0.481 e. The van der Waals surface area contributed by atoms with E-state index in [4.69, 9.17) is 5.11 Å². The van der Waals surface area contributed by atoms with Crippen LogP contribution in [0.3, 0.4) is 0 Å². The summed E-state index contributed by atoms with van der Waals surface area (Å²) in [4.78, 5) is 11.0. The maximum Gasteiger partial charge on any atom is 0.307 e. The van der Waals surface area contributed by atoms with Gasteiger partial charge < -0.3 is 5.11 Å². The summed E-state index contributed by atoms with van der Waals surface area (Å²) in [6, 6.07) is 6.07. The summed E-state index contributed by atoms with van der Waals surface area (Å²) in [5.74, 6) is -1.66. The normalized spacial score (nSPS) is 12.9. The zero-order valence-corrected chi connectivity index (χ0v) is 9.19. The minimum atomic E-state index is -0.845. The summed E-state index contributed by atoms with van der Waals surface area (Å²) >= 11 is 0. The molecule has 1 unspecified atom stereocenters. The molecule has 0 spiro atoms. The van der Waals surface area contributed by atoms with E-state index in [1.54, 1.807) is 12.1 Å². The lowest BCUT2D eigenvalue weighted by Crippen LogP contribution is -2.15. The van der Waals surface area contributed by atoms with Crippen LogP contribution in [0.4, 0.5) is 4.39 Å². The van der Waals surface area contributed by atoms with Gasteiger partial charge >= 0.3 is 5.97 Å². The molecule has 1 aromatic rings. The highest BCUT2D eigenvalue weighted by atomic mass is 19.1. The molecule has 0 amide bonds. The summed E-state index contributed by atoms with van der Waals surface area (Å²) < 4.78 is 12.9. The lowest BCUT2D eigenvalue weighted by atomic mass is 9.96. The molecule has 0 aromatic heterocycles. The van der Waals surface area contributed by atoms with Gasteiger partial charge in [0.2, 0.25) is 0 Å². The molecule has 0 fully saturated rings. The van der Waals surface area contributed by atoms with Gasteiger partial charge in [-0.05, 0) is 37.5 Å². The third-order valence-electron chi connectivity index (χ3n) is 2.38. The Morgan fingerprint density at radius 2 is 2.31 bits per heavy atom. The molecular formula is C13H15FO2. The van der Waals surface area contributed by atoms with Crippen molar-refractivity contribution in [2.45, 2.75) is 19.8 Å². The predicted octanol–water partition coefficient (Wildman–Crippen LogP) is 3.04. The molecule has 0 aliphatic heterocycles. The molecule has 0 heterocycles. The zero-order valence-electron chi connectivity index (χ0n) is 9.19. The number of hydrogen-bond donors (Lipinski definition) is 1. The summed E-state index contributed by atoms with van der Waals surface area (Å²) in [6.07, 6.45) is 4.47. The Hall–Kier alpha value is -1.64. The average Bonchev–Trinajstić information content (AvgIpc) is 2.24. The van der Waals surface area contributed by atoms with Gasteiger partial charge in [0.05, 0.1) is 5.92 Å². The molecule has 0 saturated heterocycles. The third kappa shape index (κ3) is 3.85. The molecule has 16 heavy (non-hydrogen) atoms. The number of halogens is 1. The van der Waals surface area contributed by atoms with E-state index in [2.05, 4.69) is 0 Å². The van der Waals surface area contributed by atoms with Crippen LogP contribution in [0.2, 0.25) is 0 Å². The molecule has 0 aliphatic rings. The lowest BCUT2D eigenvalue weighted by molar-refractivity contribution is -0.141. The van der Waals surface area contributed by atoms with Crippen molar-refractivity contribution in [3.05, 3.63) is 47.8 Å². The van der Waals surface area contributed by atoms with Crippen molar-refractivity contribution in [1.29, 1.82) is 0 Å². The Labute approximate surface area is 94.4 Å². The van der Waals surface area contributed by atoms with E-state index in [-0.39, 0.29) is 5.82 Å². The maximum absolute atomic E-state index is 12.9. The van der Waals surface area contributed by atoms with Gasteiger partial charge in [-0.1, -0.05) is 24.3 Å². The molecular weight excluding hydrogens is 207 g/mol. The van der Waals surface area contributed by atoms with Gasteiger partial charge in [0.1, 0.15) is 5.82 Å². The van der Waals surface area contributed by atoms with E-state index < -0.39 is 11.9 Å². The minimum absolute atomic E-state index is 0.326. The Bertz CT molecular complexity index is 385. The number of hydrogen-bond acceptors (Lipinski definition) is 1. The topological polar surface area (TPSA) is 37.3 Å². The molecule has 0 bridgehead atoms. The number of benzene rings is 1. The van der Waals surface area contributed by atoms with E-state index >= 15 is 0 Å². The smallest absolute Gasteiger partial charge is 0.307 e. The van der Waals surface area contributed by atoms with Crippen LogP contribution < -0.4 is 0 Å². The number of allylic oxidation sites excluding steroid dienone is 2. The first-order chi connectivity index (χ1) is 7.63. The highest BCUT2D eigenvalue weighted by molar-refractivity contribution is 5.70. The van der Waals surface area contributed by atoms with Gasteiger partial charge in [-0.25, -0.2) is 4.39 Å². The average molecular weight is 222 g/mol. The molecule has 2 nitrogen and oxygen atoms in total. The maximum atomic E-state index is 12.9. The Kier molecular flexibility index (Phi) is 4.70. The highest BCUT2D eigenvalue weighted by Crippen LogP contribution is 2.14. The van der Waals surface area contributed by atoms with Crippen molar-refractivity contribution in [3.8, 4) is 0 Å². The zero-order chi connectivity index (χ0) is 12.0. The number of carboxylic acids is 1. The van der Waals surface area contributed by atoms with Gasteiger partial charge in [-0.3, -0.25) is 4.79 Å². The van der Waals surface area contributed by atoms with E-state index in [0.717, 1.165) is 5.56 Å². The third-order valence-corrected chi connectivity index (χ3v) is 2.38. The second-order valence-electron chi connectivity index (χ2n) is 3.67. The van der Waals surface area contributed by atoms with Gasteiger partial charge in [-0.15, -0.1) is 0 Å². The van der Waals surface area contributed by atoms with Crippen LogP contribution in [0, 0.1) is 11.7 Å². The standard InChI is InChI=1S/C13H15FO2/c1-2-3-6-11(13(15)16)8-10-5-4-7-12(14)9-10/h2-5,7,9,11H,6,8H2,1H3,(H,15,16). The van der Waals surface area contributed by atoms with Crippen LogP contribution in [0.25, 0.3) is 0 Å². The van der Waals surface area contributed by atoms with Gasteiger partial charge in [0, 0.05) is 0 Å². The summed E-state index contributed by atoms with van der Waals surface area (Å²) in [5, 5.41) is 9.00. The second-order valence-corrected chi connectivity index (χ2v) is 3.67. The molecule has 0 radical (unpaired) electrons. The fourth-order valence-electron chi connectivity index (χ4n) is 1.52. The molecule has 1 rings (SSSR count). The predicted molar refractivity (Wildman–Crippen MR) is 60.7 cm³/mol. The number of rotatable bonds is 5. The first-order valence-electron chi connectivity index (χ1n) is 5.22. The van der Waals surface area contributed by atoms with Crippen molar-refractivity contribution in [3.63, 3.8) is 0 Å². The molecule has 86 valence electrons. The van der Waals surface area contributed by atoms with Gasteiger partial charge in [0.15, 0.2) is 0 Å². The summed E-state index contributed by atoms with van der Waals surface area (Å²) in [5.41, 5.74) is 0.719. The van der Waals surface area contributed by atoms with Crippen LogP contribution in [0.5, 0.6) is 0 Å². The molecule has 1 atom stereocenters. The van der Waals surface area contributed by atoms with Crippen LogP contribution in [0.15, 0.2) is 36.4 Å². The fraction of sp³-hybridized carbons (Fsp3) is 0.308. The van der Waals surface area contributed by atoms with Crippen LogP contribution in [0.1, 0.15) is 18.9 Å². The first-order valence-corrected chi connectivity index (χ1v) is 5.22. The van der Waals surface area contributed by atoms with E-state index in [0.29, 0.717) is 12.8 Å². The van der Waals surface area contributed by atoms with E-state index in [9.17, 15) is 9.18 Å². The SMILES string of the molecule is CC=CCC(Cc1cccc(F)c1)C(=O)O. The quantitative estimate of drug-likeness (QED) is 0.777. The Balaban J connectivity index is 2.71. The molecule has 1 N–H and O–H groups in total. The van der Waals surface area contributed by atoms with Gasteiger partial charge in [0.25, 0.3) is 0 Å². The first kappa shape index (κ1) is 12.4. The fourth-order valence-corrected chi connectivity index (χ4v) is 1.52. The monoisotopic (exact) mass is 222 g/mol. The van der Waals surface area contributed by atoms with Crippen LogP contribution >= 0.6 is 0 Å². The van der Waals surface area contributed by atoms with Crippen molar-refractivity contribution < 1.29 is 14.3 Å². The van der Waals surface area contributed by atoms with Crippen molar-refractivity contribution in [2.75, 3.05) is 0 Å². The second kappa shape index (κ2) is 6.05. The summed E-state index contributed by atoms with van der Waals surface area (Å²) in [7, 11) is 0. The van der Waals surface area contributed by atoms with Crippen LogP contribution in [-0.2, 0) is 11.2 Å². The number of carbonyl (C=O) groups is 1. The van der Waals surface area contributed by atoms with Crippen molar-refractivity contribution in [2.24, 2.45) is 5.92 Å². The Morgan fingerprint density at radius 3 is 2.88 bits per heavy atom.